The van der Waals surface area contributed by atoms with E-state index < -0.39 is 0 Å². The molecule has 0 spiro atoms. The van der Waals surface area contributed by atoms with E-state index in [1.54, 1.807) is 11.8 Å². The monoisotopic (exact) mass is 404 g/mol. The molecule has 0 aliphatic carbocycles. The van der Waals surface area contributed by atoms with E-state index in [4.69, 9.17) is 0 Å². The third-order valence-corrected chi connectivity index (χ3v) is 7.06. The molecule has 1 amide bonds. The SMILES string of the molecule is Cc1ccc(CN2CCC(C(=O)Nc3nnc(SCC(C)C)s3)CC2)cc1. The lowest BCUT2D eigenvalue weighted by Gasteiger charge is -2.31. The third kappa shape index (κ3) is 6.30. The van der Waals surface area contributed by atoms with Gasteiger partial charge in [-0.05, 0) is 44.3 Å². The Hall–Kier alpha value is -1.44. The quantitative estimate of drug-likeness (QED) is 0.546. The van der Waals surface area contributed by atoms with Crippen molar-refractivity contribution >= 4 is 34.1 Å². The van der Waals surface area contributed by atoms with E-state index in [2.05, 4.69) is 65.5 Å². The van der Waals surface area contributed by atoms with Gasteiger partial charge in [0.05, 0.1) is 0 Å². The summed E-state index contributed by atoms with van der Waals surface area (Å²) in [6.45, 7) is 9.35. The lowest BCUT2D eigenvalue weighted by Crippen LogP contribution is -2.37. The van der Waals surface area contributed by atoms with Gasteiger partial charge in [0.25, 0.3) is 0 Å². The number of carbonyl (C=O) groups is 1. The number of anilines is 1. The molecule has 3 rings (SSSR count). The molecule has 1 saturated heterocycles. The van der Waals surface area contributed by atoms with Crippen molar-refractivity contribution in [3.8, 4) is 0 Å². The molecule has 0 bridgehead atoms. The highest BCUT2D eigenvalue weighted by Crippen LogP contribution is 2.28. The number of piperidine rings is 1. The molecule has 7 heteroatoms. The van der Waals surface area contributed by atoms with Gasteiger partial charge in [-0.2, -0.15) is 0 Å². The summed E-state index contributed by atoms with van der Waals surface area (Å²) in [5, 5.41) is 11.9. The Morgan fingerprint density at radius 3 is 2.63 bits per heavy atom. The van der Waals surface area contributed by atoms with Crippen LogP contribution in [0.2, 0.25) is 0 Å². The zero-order valence-corrected chi connectivity index (χ0v) is 17.9. The maximum Gasteiger partial charge on any atom is 0.229 e. The average molecular weight is 405 g/mol. The highest BCUT2D eigenvalue weighted by Gasteiger charge is 2.25. The fourth-order valence-corrected chi connectivity index (χ4v) is 4.80. The molecule has 146 valence electrons. The standard InChI is InChI=1S/C20H28N4OS2/c1-14(2)13-26-20-23-22-19(27-20)21-18(25)17-8-10-24(11-9-17)12-16-6-4-15(3)5-7-16/h4-7,14,17H,8-13H2,1-3H3,(H,21,22,25). The average Bonchev–Trinajstić information content (AvgIpc) is 3.10. The molecule has 0 atom stereocenters. The van der Waals surface area contributed by atoms with Crippen LogP contribution < -0.4 is 5.32 Å². The molecule has 0 saturated carbocycles. The fraction of sp³-hybridized carbons (Fsp3) is 0.550. The van der Waals surface area contributed by atoms with Crippen molar-refractivity contribution in [3.05, 3.63) is 35.4 Å². The van der Waals surface area contributed by atoms with E-state index in [0.717, 1.165) is 42.6 Å². The van der Waals surface area contributed by atoms with Gasteiger partial charge in [-0.1, -0.05) is 66.8 Å². The second-order valence-electron chi connectivity index (χ2n) is 7.60. The Bertz CT molecular complexity index is 737. The van der Waals surface area contributed by atoms with Gasteiger partial charge in [0.15, 0.2) is 4.34 Å². The van der Waals surface area contributed by atoms with Crippen molar-refractivity contribution < 1.29 is 4.79 Å². The smallest absolute Gasteiger partial charge is 0.229 e. The molecule has 1 fully saturated rings. The number of amides is 1. The molecule has 0 radical (unpaired) electrons. The molecule has 1 aliphatic heterocycles. The van der Waals surface area contributed by atoms with Crippen molar-refractivity contribution in [2.75, 3.05) is 24.2 Å². The molecule has 27 heavy (non-hydrogen) atoms. The van der Waals surface area contributed by atoms with Crippen LogP contribution in [0, 0.1) is 18.8 Å². The predicted molar refractivity (Wildman–Crippen MR) is 113 cm³/mol. The zero-order valence-electron chi connectivity index (χ0n) is 16.3. The Kier molecular flexibility index (Phi) is 7.26. The molecule has 1 N–H and O–H groups in total. The zero-order chi connectivity index (χ0) is 19.2. The minimum absolute atomic E-state index is 0.0648. The maximum atomic E-state index is 12.5. The normalized spacial score (nSPS) is 16.0. The van der Waals surface area contributed by atoms with Crippen LogP contribution in [0.5, 0.6) is 0 Å². The van der Waals surface area contributed by atoms with Gasteiger partial charge in [0.1, 0.15) is 0 Å². The maximum absolute atomic E-state index is 12.5. The Morgan fingerprint density at radius 1 is 1.26 bits per heavy atom. The summed E-state index contributed by atoms with van der Waals surface area (Å²) in [6, 6.07) is 8.70. The van der Waals surface area contributed by atoms with Gasteiger partial charge in [0.2, 0.25) is 11.0 Å². The summed E-state index contributed by atoms with van der Waals surface area (Å²) in [5.41, 5.74) is 2.63. The van der Waals surface area contributed by atoms with Crippen LogP contribution in [0.25, 0.3) is 0 Å². The van der Waals surface area contributed by atoms with Crippen LogP contribution >= 0.6 is 23.1 Å². The van der Waals surface area contributed by atoms with E-state index >= 15 is 0 Å². The Labute approximate surface area is 170 Å². The molecule has 5 nitrogen and oxygen atoms in total. The summed E-state index contributed by atoms with van der Waals surface area (Å²) in [4.78, 5) is 15.0. The number of benzene rings is 1. The van der Waals surface area contributed by atoms with Crippen molar-refractivity contribution in [1.82, 2.24) is 15.1 Å². The van der Waals surface area contributed by atoms with Crippen LogP contribution in [0.4, 0.5) is 5.13 Å². The van der Waals surface area contributed by atoms with Crippen LogP contribution in [0.1, 0.15) is 37.8 Å². The molecule has 2 aromatic rings. The first-order valence-electron chi connectivity index (χ1n) is 9.54. The van der Waals surface area contributed by atoms with Crippen LogP contribution in [-0.2, 0) is 11.3 Å². The lowest BCUT2D eigenvalue weighted by atomic mass is 9.95. The number of nitrogens with one attached hydrogen (secondary N) is 1. The first-order valence-corrected chi connectivity index (χ1v) is 11.3. The second kappa shape index (κ2) is 9.66. The minimum atomic E-state index is 0.0648. The third-order valence-electron chi connectivity index (χ3n) is 4.66. The molecule has 0 unspecified atom stereocenters. The highest BCUT2D eigenvalue weighted by atomic mass is 32.2. The summed E-state index contributed by atoms with van der Waals surface area (Å²) >= 11 is 3.17. The van der Waals surface area contributed by atoms with Gasteiger partial charge in [0, 0.05) is 18.2 Å². The first kappa shape index (κ1) is 20.3. The summed E-state index contributed by atoms with van der Waals surface area (Å²) in [5.74, 6) is 1.78. The minimum Gasteiger partial charge on any atom is -0.300 e. The number of aryl methyl sites for hydroxylation is 1. The van der Waals surface area contributed by atoms with E-state index in [9.17, 15) is 4.79 Å². The molecule has 1 aromatic carbocycles. The number of nitrogens with zero attached hydrogens (tertiary/aromatic N) is 3. The van der Waals surface area contributed by atoms with Crippen LogP contribution in [0.15, 0.2) is 28.6 Å². The largest absolute Gasteiger partial charge is 0.300 e. The van der Waals surface area contributed by atoms with Gasteiger partial charge in [-0.3, -0.25) is 9.69 Å². The number of thioether (sulfide) groups is 1. The second-order valence-corrected chi connectivity index (χ2v) is 9.85. The van der Waals surface area contributed by atoms with E-state index in [1.807, 2.05) is 0 Å². The van der Waals surface area contributed by atoms with E-state index in [-0.39, 0.29) is 11.8 Å². The van der Waals surface area contributed by atoms with Crippen LogP contribution in [0.3, 0.4) is 0 Å². The van der Waals surface area contributed by atoms with E-state index in [0.29, 0.717) is 11.0 Å². The Morgan fingerprint density at radius 2 is 1.96 bits per heavy atom. The van der Waals surface area contributed by atoms with Gasteiger partial charge in [-0.15, -0.1) is 10.2 Å². The van der Waals surface area contributed by atoms with Crippen molar-refractivity contribution in [3.63, 3.8) is 0 Å². The van der Waals surface area contributed by atoms with Crippen molar-refractivity contribution in [2.45, 2.75) is 44.5 Å². The van der Waals surface area contributed by atoms with Gasteiger partial charge >= 0.3 is 0 Å². The van der Waals surface area contributed by atoms with Crippen molar-refractivity contribution in [2.24, 2.45) is 11.8 Å². The summed E-state index contributed by atoms with van der Waals surface area (Å²) in [7, 11) is 0. The van der Waals surface area contributed by atoms with E-state index in [1.165, 1.54) is 22.5 Å². The summed E-state index contributed by atoms with van der Waals surface area (Å²) in [6.07, 6.45) is 1.79. The van der Waals surface area contributed by atoms with Gasteiger partial charge in [-0.25, -0.2) is 0 Å². The van der Waals surface area contributed by atoms with Crippen LogP contribution in [-0.4, -0.2) is 39.8 Å². The van der Waals surface area contributed by atoms with Crippen molar-refractivity contribution in [1.29, 1.82) is 0 Å². The topological polar surface area (TPSA) is 58.1 Å². The highest BCUT2D eigenvalue weighted by molar-refractivity contribution is 8.01. The summed E-state index contributed by atoms with van der Waals surface area (Å²) < 4.78 is 0.923. The number of likely N-dealkylation sites (tertiary alicyclic amines) is 1. The number of hydrogen-bond donors (Lipinski definition) is 1. The fourth-order valence-electron chi connectivity index (χ4n) is 3.07. The molecular formula is C20H28N4OS2. The number of rotatable bonds is 7. The number of carbonyl (C=O) groups excluding carboxylic acids is 1. The first-order chi connectivity index (χ1) is 13.0. The van der Waals surface area contributed by atoms with Gasteiger partial charge < -0.3 is 5.32 Å². The predicted octanol–water partition coefficient (Wildman–Crippen LogP) is 4.45. The lowest BCUT2D eigenvalue weighted by molar-refractivity contribution is -0.121. The molecular weight excluding hydrogens is 376 g/mol. The number of aromatic nitrogens is 2. The number of hydrogen-bond acceptors (Lipinski definition) is 6. The Balaban J connectivity index is 1.43. The molecule has 1 aliphatic rings. The molecule has 2 heterocycles. The molecule has 1 aromatic heterocycles.